The van der Waals surface area contributed by atoms with Crippen LogP contribution in [0, 0.1) is 0 Å². The van der Waals surface area contributed by atoms with Crippen LogP contribution in [0.2, 0.25) is 0 Å². The number of guanidine groups is 1. The van der Waals surface area contributed by atoms with Crippen molar-refractivity contribution in [1.82, 2.24) is 5.32 Å². The van der Waals surface area contributed by atoms with Crippen LogP contribution in [0.1, 0.15) is 0 Å². The Hall–Kier alpha value is -1.16. The van der Waals surface area contributed by atoms with Gasteiger partial charge in [-0.2, -0.15) is 0 Å². The van der Waals surface area contributed by atoms with Crippen molar-refractivity contribution in [3.8, 4) is 0 Å². The second-order valence-corrected chi connectivity index (χ2v) is 1.70. The third-order valence-electron chi connectivity index (χ3n) is 0.938. The van der Waals surface area contributed by atoms with Gasteiger partial charge in [-0.25, -0.2) is 9.98 Å². The van der Waals surface area contributed by atoms with E-state index in [0.717, 1.165) is 0 Å². The van der Waals surface area contributed by atoms with Gasteiger partial charge in [0.05, 0.1) is 13.2 Å². The molecule has 0 spiro atoms. The zero-order valence-electron chi connectivity index (χ0n) is 6.71. The summed E-state index contributed by atoms with van der Waals surface area (Å²) in [5, 5.41) is 2.72. The molecule has 4 nitrogen and oxygen atoms in total. The molecule has 0 saturated heterocycles. The molecule has 0 aliphatic carbocycles. The SMILES string of the molecule is C=CNC(N=C)=NCCOC. The van der Waals surface area contributed by atoms with Gasteiger partial charge in [0.15, 0.2) is 0 Å². The van der Waals surface area contributed by atoms with Crippen LogP contribution in [0.3, 0.4) is 0 Å². The Kier molecular flexibility index (Phi) is 6.22. The maximum Gasteiger partial charge on any atom is 0.221 e. The molecule has 0 aromatic rings. The van der Waals surface area contributed by atoms with Crippen LogP contribution in [0.25, 0.3) is 0 Å². The first-order chi connectivity index (χ1) is 5.35. The highest BCUT2D eigenvalue weighted by molar-refractivity contribution is 5.84. The van der Waals surface area contributed by atoms with Crippen molar-refractivity contribution in [3.63, 3.8) is 0 Å². The molecule has 0 aliphatic rings. The Morgan fingerprint density at radius 3 is 2.91 bits per heavy atom. The van der Waals surface area contributed by atoms with Gasteiger partial charge < -0.3 is 10.1 Å². The Balaban J connectivity index is 3.70. The lowest BCUT2D eigenvalue weighted by molar-refractivity contribution is 0.208. The van der Waals surface area contributed by atoms with Crippen LogP contribution >= 0.6 is 0 Å². The number of nitrogens with one attached hydrogen (secondary N) is 1. The molecule has 0 aromatic carbocycles. The predicted octanol–water partition coefficient (Wildman–Crippen LogP) is 0.422. The Labute approximate surface area is 66.7 Å². The topological polar surface area (TPSA) is 46.0 Å². The molecule has 0 radical (unpaired) electrons. The average Bonchev–Trinajstić information content (AvgIpc) is 2.03. The van der Waals surface area contributed by atoms with Gasteiger partial charge in [-0.3, -0.25) is 0 Å². The molecule has 0 fully saturated rings. The van der Waals surface area contributed by atoms with E-state index in [0.29, 0.717) is 19.1 Å². The van der Waals surface area contributed by atoms with Crippen LogP contribution in [-0.2, 0) is 4.74 Å². The summed E-state index contributed by atoms with van der Waals surface area (Å²) in [5.74, 6) is 0.469. The minimum atomic E-state index is 0.469. The molecule has 0 atom stereocenters. The maximum atomic E-state index is 4.79. The highest BCUT2D eigenvalue weighted by Crippen LogP contribution is 1.77. The van der Waals surface area contributed by atoms with Crippen LogP contribution in [0.4, 0.5) is 0 Å². The minimum absolute atomic E-state index is 0.469. The smallest absolute Gasteiger partial charge is 0.221 e. The van der Waals surface area contributed by atoms with E-state index < -0.39 is 0 Å². The fourth-order valence-electron chi connectivity index (χ4n) is 0.475. The first-order valence-corrected chi connectivity index (χ1v) is 3.22. The van der Waals surface area contributed by atoms with Gasteiger partial charge in [-0.15, -0.1) is 0 Å². The standard InChI is InChI=1S/C7H13N3O/c1-4-9-7(8-2)10-5-6-11-3/h4H,1-2,5-6H2,3H3,(H,9,10). The fraction of sp³-hybridized carbons (Fsp3) is 0.429. The van der Waals surface area contributed by atoms with Crippen LogP contribution in [0.15, 0.2) is 22.8 Å². The summed E-state index contributed by atoms with van der Waals surface area (Å²) < 4.78 is 4.79. The molecule has 0 rings (SSSR count). The third kappa shape index (κ3) is 5.29. The molecule has 0 unspecified atom stereocenters. The van der Waals surface area contributed by atoms with Gasteiger partial charge in [0.1, 0.15) is 0 Å². The zero-order valence-corrected chi connectivity index (χ0v) is 6.71. The monoisotopic (exact) mass is 155 g/mol. The summed E-state index contributed by atoms with van der Waals surface area (Å²) in [4.78, 5) is 7.61. The number of nitrogens with zero attached hydrogens (tertiary/aromatic N) is 2. The molecular formula is C7H13N3O. The Morgan fingerprint density at radius 2 is 2.45 bits per heavy atom. The van der Waals surface area contributed by atoms with Crippen molar-refractivity contribution in [1.29, 1.82) is 0 Å². The van der Waals surface area contributed by atoms with Gasteiger partial charge in [-0.05, 0) is 12.9 Å². The van der Waals surface area contributed by atoms with E-state index in [1.807, 2.05) is 0 Å². The number of methoxy groups -OCH3 is 1. The van der Waals surface area contributed by atoms with E-state index in [-0.39, 0.29) is 0 Å². The van der Waals surface area contributed by atoms with Crippen molar-refractivity contribution in [3.05, 3.63) is 12.8 Å². The number of ether oxygens (including phenoxy) is 1. The van der Waals surface area contributed by atoms with Gasteiger partial charge in [0.2, 0.25) is 5.96 Å². The lowest BCUT2D eigenvalue weighted by Crippen LogP contribution is -2.15. The second-order valence-electron chi connectivity index (χ2n) is 1.70. The molecule has 1 N–H and O–H groups in total. The molecular weight excluding hydrogens is 142 g/mol. The summed E-state index contributed by atoms with van der Waals surface area (Å²) in [5.41, 5.74) is 0. The van der Waals surface area contributed by atoms with E-state index in [2.05, 4.69) is 28.6 Å². The molecule has 0 saturated carbocycles. The Bertz CT molecular complexity index is 154. The van der Waals surface area contributed by atoms with E-state index >= 15 is 0 Å². The largest absolute Gasteiger partial charge is 0.383 e. The van der Waals surface area contributed by atoms with Crippen molar-refractivity contribution in [2.45, 2.75) is 0 Å². The van der Waals surface area contributed by atoms with Gasteiger partial charge in [0.25, 0.3) is 0 Å². The van der Waals surface area contributed by atoms with Gasteiger partial charge in [0, 0.05) is 7.11 Å². The molecule has 62 valence electrons. The molecule has 0 amide bonds. The van der Waals surface area contributed by atoms with Crippen molar-refractivity contribution < 1.29 is 4.74 Å². The van der Waals surface area contributed by atoms with Crippen molar-refractivity contribution >= 4 is 12.7 Å². The summed E-state index contributed by atoms with van der Waals surface area (Å²) in [6.07, 6.45) is 1.50. The minimum Gasteiger partial charge on any atom is -0.383 e. The predicted molar refractivity (Wildman–Crippen MR) is 47.1 cm³/mol. The molecule has 11 heavy (non-hydrogen) atoms. The molecule has 0 heterocycles. The van der Waals surface area contributed by atoms with Gasteiger partial charge >= 0.3 is 0 Å². The first kappa shape index (κ1) is 9.84. The van der Waals surface area contributed by atoms with Crippen LogP contribution < -0.4 is 5.32 Å². The van der Waals surface area contributed by atoms with Gasteiger partial charge in [-0.1, -0.05) is 6.58 Å². The summed E-state index contributed by atoms with van der Waals surface area (Å²) in [6.45, 7) is 7.95. The van der Waals surface area contributed by atoms with E-state index in [4.69, 9.17) is 4.74 Å². The second kappa shape index (κ2) is 6.95. The third-order valence-corrected chi connectivity index (χ3v) is 0.938. The van der Waals surface area contributed by atoms with Crippen molar-refractivity contribution in [2.75, 3.05) is 20.3 Å². The molecule has 0 aliphatic heterocycles. The number of rotatable bonds is 4. The molecule has 0 bridgehead atoms. The zero-order chi connectivity index (χ0) is 8.53. The summed E-state index contributed by atoms with van der Waals surface area (Å²) in [6, 6.07) is 0. The maximum absolute atomic E-state index is 4.79. The lowest BCUT2D eigenvalue weighted by Gasteiger charge is -1.97. The van der Waals surface area contributed by atoms with E-state index in [9.17, 15) is 0 Å². The summed E-state index contributed by atoms with van der Waals surface area (Å²) >= 11 is 0. The lowest BCUT2D eigenvalue weighted by atomic mass is 10.7. The number of hydrogen-bond donors (Lipinski definition) is 1. The number of aliphatic imine (C=N–C) groups is 2. The van der Waals surface area contributed by atoms with E-state index in [1.165, 1.54) is 6.20 Å². The van der Waals surface area contributed by atoms with Crippen LogP contribution in [0.5, 0.6) is 0 Å². The number of hydrogen-bond acceptors (Lipinski definition) is 2. The summed E-state index contributed by atoms with van der Waals surface area (Å²) in [7, 11) is 1.62. The highest BCUT2D eigenvalue weighted by atomic mass is 16.5. The normalized spacial score (nSPS) is 10.8. The molecule has 0 aromatic heterocycles. The van der Waals surface area contributed by atoms with E-state index in [1.54, 1.807) is 7.11 Å². The van der Waals surface area contributed by atoms with Crippen molar-refractivity contribution in [2.24, 2.45) is 9.98 Å². The Morgan fingerprint density at radius 1 is 1.73 bits per heavy atom. The quantitative estimate of drug-likeness (QED) is 0.363. The van der Waals surface area contributed by atoms with Crippen LogP contribution in [-0.4, -0.2) is 32.9 Å². The fourth-order valence-corrected chi connectivity index (χ4v) is 0.475. The highest BCUT2D eigenvalue weighted by Gasteiger charge is 1.87. The first-order valence-electron chi connectivity index (χ1n) is 3.22. The average molecular weight is 155 g/mol. The molecule has 4 heteroatoms.